The Balaban J connectivity index is 2.00. The van der Waals surface area contributed by atoms with E-state index in [-0.39, 0.29) is 34.5 Å². The van der Waals surface area contributed by atoms with Gasteiger partial charge in [-0.2, -0.15) is 0 Å². The number of nitrogens with zero attached hydrogens (tertiary/aromatic N) is 1. The molecule has 3 N–H and O–H groups in total. The van der Waals surface area contributed by atoms with Crippen LogP contribution >= 0.6 is 0 Å². The van der Waals surface area contributed by atoms with Gasteiger partial charge in [-0.05, 0) is 28.7 Å². The molecule has 0 saturated carbocycles. The highest BCUT2D eigenvalue weighted by molar-refractivity contribution is 5.98. The van der Waals surface area contributed by atoms with Gasteiger partial charge in [0, 0.05) is 13.1 Å². The van der Waals surface area contributed by atoms with Crippen LogP contribution in [0.25, 0.3) is 0 Å². The summed E-state index contributed by atoms with van der Waals surface area (Å²) in [6.07, 6.45) is 0. The van der Waals surface area contributed by atoms with Crippen LogP contribution in [0.1, 0.15) is 52.4 Å². The van der Waals surface area contributed by atoms with Gasteiger partial charge in [-0.25, -0.2) is 0 Å². The Kier molecular flexibility index (Phi) is 4.20. The maximum absolute atomic E-state index is 12.9. The van der Waals surface area contributed by atoms with Crippen molar-refractivity contribution in [1.82, 2.24) is 4.90 Å². The number of benzene rings is 2. The lowest BCUT2D eigenvalue weighted by Crippen LogP contribution is -2.25. The third-order valence-corrected chi connectivity index (χ3v) is 4.54. The maximum atomic E-state index is 12.9. The molecule has 3 rings (SSSR count). The standard InChI is InChI=1S/C19H21NO4/c1-11(2)14-7-15(18(23)16(10-21)17(14)22)19(24)20-8-12-5-3-4-6-13(12)9-20/h3-7,11,21-23H,8-10H2,1-2H3. The van der Waals surface area contributed by atoms with Crippen molar-refractivity contribution in [3.05, 3.63) is 58.1 Å². The van der Waals surface area contributed by atoms with Crippen LogP contribution in [0.3, 0.4) is 0 Å². The highest BCUT2D eigenvalue weighted by Gasteiger charge is 2.28. The van der Waals surface area contributed by atoms with Gasteiger partial charge in [-0.15, -0.1) is 0 Å². The molecular weight excluding hydrogens is 306 g/mol. The Morgan fingerprint density at radius 3 is 2.21 bits per heavy atom. The second-order valence-electron chi connectivity index (χ2n) is 6.43. The van der Waals surface area contributed by atoms with E-state index < -0.39 is 6.61 Å². The first kappa shape index (κ1) is 16.3. The summed E-state index contributed by atoms with van der Waals surface area (Å²) in [7, 11) is 0. The summed E-state index contributed by atoms with van der Waals surface area (Å²) in [6, 6.07) is 9.37. The van der Waals surface area contributed by atoms with Crippen LogP contribution in [0, 0.1) is 0 Å². The molecule has 1 amide bonds. The SMILES string of the molecule is CC(C)c1cc(C(=O)N2Cc3ccccc3C2)c(O)c(CO)c1O. The van der Waals surface area contributed by atoms with Crippen molar-refractivity contribution < 1.29 is 20.1 Å². The fourth-order valence-corrected chi connectivity index (χ4v) is 3.14. The van der Waals surface area contributed by atoms with Crippen molar-refractivity contribution in [1.29, 1.82) is 0 Å². The lowest BCUT2D eigenvalue weighted by Gasteiger charge is -2.20. The topological polar surface area (TPSA) is 81.0 Å². The average molecular weight is 327 g/mol. The number of fused-ring (bicyclic) bond motifs is 1. The zero-order valence-electron chi connectivity index (χ0n) is 13.8. The van der Waals surface area contributed by atoms with E-state index in [1.165, 1.54) is 6.07 Å². The third-order valence-electron chi connectivity index (χ3n) is 4.54. The van der Waals surface area contributed by atoms with Gasteiger partial charge < -0.3 is 20.2 Å². The summed E-state index contributed by atoms with van der Waals surface area (Å²) in [5.74, 6) is -0.842. The summed E-state index contributed by atoms with van der Waals surface area (Å²) in [6.45, 7) is 4.21. The minimum absolute atomic E-state index is 0.00117. The normalized spacial score (nSPS) is 13.4. The Bertz CT molecular complexity index is 773. The molecule has 5 nitrogen and oxygen atoms in total. The molecule has 1 aliphatic heterocycles. The van der Waals surface area contributed by atoms with Gasteiger partial charge >= 0.3 is 0 Å². The van der Waals surface area contributed by atoms with Gasteiger partial charge in [-0.3, -0.25) is 4.79 Å². The molecule has 0 bridgehead atoms. The molecule has 5 heteroatoms. The largest absolute Gasteiger partial charge is 0.507 e. The molecule has 126 valence electrons. The molecule has 0 radical (unpaired) electrons. The Morgan fingerprint density at radius 2 is 1.71 bits per heavy atom. The molecule has 0 aliphatic carbocycles. The van der Waals surface area contributed by atoms with E-state index in [0.29, 0.717) is 18.7 Å². The van der Waals surface area contributed by atoms with Crippen LogP contribution in [0.5, 0.6) is 11.5 Å². The molecule has 2 aromatic rings. The monoisotopic (exact) mass is 327 g/mol. The zero-order valence-corrected chi connectivity index (χ0v) is 13.8. The number of aromatic hydroxyl groups is 2. The molecule has 0 atom stereocenters. The zero-order chi connectivity index (χ0) is 17.4. The van der Waals surface area contributed by atoms with Crippen LogP contribution in [0.4, 0.5) is 0 Å². The predicted molar refractivity (Wildman–Crippen MR) is 89.8 cm³/mol. The van der Waals surface area contributed by atoms with Gasteiger partial charge in [0.25, 0.3) is 5.91 Å². The van der Waals surface area contributed by atoms with Gasteiger partial charge in [0.15, 0.2) is 0 Å². The number of aliphatic hydroxyl groups is 1. The van der Waals surface area contributed by atoms with Crippen molar-refractivity contribution in [2.75, 3.05) is 0 Å². The van der Waals surface area contributed by atoms with Crippen LogP contribution in [0.2, 0.25) is 0 Å². The molecule has 0 unspecified atom stereocenters. The quantitative estimate of drug-likeness (QED) is 0.810. The van der Waals surface area contributed by atoms with E-state index >= 15 is 0 Å². The van der Waals surface area contributed by atoms with E-state index in [2.05, 4.69) is 0 Å². The lowest BCUT2D eigenvalue weighted by atomic mass is 9.94. The molecule has 1 heterocycles. The van der Waals surface area contributed by atoms with E-state index in [0.717, 1.165) is 11.1 Å². The number of carbonyl (C=O) groups excluding carboxylic acids is 1. The Labute approximate surface area is 140 Å². The summed E-state index contributed by atoms with van der Waals surface area (Å²) >= 11 is 0. The first-order valence-corrected chi connectivity index (χ1v) is 7.98. The smallest absolute Gasteiger partial charge is 0.258 e. The Hall–Kier alpha value is -2.53. The number of rotatable bonds is 3. The minimum Gasteiger partial charge on any atom is -0.507 e. The van der Waals surface area contributed by atoms with Crippen molar-refractivity contribution in [2.24, 2.45) is 0 Å². The second kappa shape index (κ2) is 6.17. The molecule has 2 aromatic carbocycles. The first-order valence-electron chi connectivity index (χ1n) is 7.98. The number of hydrogen-bond donors (Lipinski definition) is 3. The number of phenols is 2. The van der Waals surface area contributed by atoms with Crippen LogP contribution in [-0.4, -0.2) is 26.1 Å². The molecule has 0 fully saturated rings. The van der Waals surface area contributed by atoms with Gasteiger partial charge in [0.05, 0.1) is 17.7 Å². The van der Waals surface area contributed by atoms with Gasteiger partial charge in [-0.1, -0.05) is 38.1 Å². The number of amides is 1. The highest BCUT2D eigenvalue weighted by Crippen LogP contribution is 2.39. The van der Waals surface area contributed by atoms with Crippen molar-refractivity contribution >= 4 is 5.91 Å². The summed E-state index contributed by atoms with van der Waals surface area (Å²) in [4.78, 5) is 14.5. The number of hydrogen-bond acceptors (Lipinski definition) is 4. The first-order chi connectivity index (χ1) is 11.4. The van der Waals surface area contributed by atoms with Gasteiger partial charge in [0.2, 0.25) is 0 Å². The van der Waals surface area contributed by atoms with E-state index in [1.807, 2.05) is 38.1 Å². The lowest BCUT2D eigenvalue weighted by molar-refractivity contribution is 0.0747. The number of carbonyl (C=O) groups is 1. The maximum Gasteiger partial charge on any atom is 0.258 e. The molecule has 0 saturated heterocycles. The average Bonchev–Trinajstić information content (AvgIpc) is 2.98. The summed E-state index contributed by atoms with van der Waals surface area (Å²) < 4.78 is 0. The van der Waals surface area contributed by atoms with Crippen molar-refractivity contribution in [3.63, 3.8) is 0 Å². The van der Waals surface area contributed by atoms with Crippen LogP contribution in [-0.2, 0) is 19.7 Å². The molecule has 0 aromatic heterocycles. The van der Waals surface area contributed by atoms with Gasteiger partial charge in [0.1, 0.15) is 11.5 Å². The fraction of sp³-hybridized carbons (Fsp3) is 0.316. The third kappa shape index (κ3) is 2.61. The van der Waals surface area contributed by atoms with Crippen molar-refractivity contribution in [2.45, 2.75) is 39.5 Å². The van der Waals surface area contributed by atoms with Crippen LogP contribution in [0.15, 0.2) is 30.3 Å². The van der Waals surface area contributed by atoms with E-state index in [9.17, 15) is 20.1 Å². The minimum atomic E-state index is -0.529. The second-order valence-corrected chi connectivity index (χ2v) is 6.43. The van der Waals surface area contributed by atoms with Crippen molar-refractivity contribution in [3.8, 4) is 11.5 Å². The predicted octanol–water partition coefficient (Wildman–Crippen LogP) is 2.87. The van der Waals surface area contributed by atoms with Crippen LogP contribution < -0.4 is 0 Å². The number of aliphatic hydroxyl groups excluding tert-OH is 1. The Morgan fingerprint density at radius 1 is 1.12 bits per heavy atom. The highest BCUT2D eigenvalue weighted by atomic mass is 16.3. The molecular formula is C19H21NO4. The molecule has 1 aliphatic rings. The molecule has 24 heavy (non-hydrogen) atoms. The fourth-order valence-electron chi connectivity index (χ4n) is 3.14. The molecule has 0 spiro atoms. The summed E-state index contributed by atoms with van der Waals surface area (Å²) in [5, 5.41) is 30.0. The summed E-state index contributed by atoms with van der Waals surface area (Å²) in [5.41, 5.74) is 2.85. The van der Waals surface area contributed by atoms with E-state index in [1.54, 1.807) is 4.90 Å². The van der Waals surface area contributed by atoms with E-state index in [4.69, 9.17) is 0 Å².